The van der Waals surface area contributed by atoms with E-state index in [1.807, 2.05) is 18.5 Å². The van der Waals surface area contributed by atoms with E-state index >= 15 is 0 Å². The average Bonchev–Trinajstić information content (AvgIpc) is 2.98. The molecule has 2 unspecified atom stereocenters. The van der Waals surface area contributed by atoms with E-state index in [1.54, 1.807) is 0 Å². The quantitative estimate of drug-likeness (QED) is 0.853. The first-order chi connectivity index (χ1) is 12.6. The van der Waals surface area contributed by atoms with E-state index in [-0.39, 0.29) is 6.04 Å². The smallest absolute Gasteiger partial charge is 0.241 e. The molecule has 0 saturated carbocycles. The Bertz CT molecular complexity index is 622. The van der Waals surface area contributed by atoms with Crippen molar-refractivity contribution in [3.63, 3.8) is 0 Å². The summed E-state index contributed by atoms with van der Waals surface area (Å²) in [5, 5.41) is 0. The van der Waals surface area contributed by atoms with Crippen LogP contribution in [-0.4, -0.2) is 58.5 Å². The van der Waals surface area contributed by atoms with Gasteiger partial charge >= 0.3 is 0 Å². The number of piperidine rings is 1. The third kappa shape index (κ3) is 3.77. The Morgan fingerprint density at radius 2 is 2.15 bits per heavy atom. The number of hydrogen-bond acceptors (Lipinski definition) is 5. The molecule has 1 aromatic heterocycles. The zero-order chi connectivity index (χ0) is 18.1. The van der Waals surface area contributed by atoms with Gasteiger partial charge in [-0.25, -0.2) is 5.43 Å². The van der Waals surface area contributed by atoms with E-state index in [0.29, 0.717) is 29.8 Å². The van der Waals surface area contributed by atoms with Crippen LogP contribution in [0.1, 0.15) is 38.7 Å². The lowest BCUT2D eigenvalue weighted by Crippen LogP contribution is -2.53. The van der Waals surface area contributed by atoms with Crippen LogP contribution in [0.5, 0.6) is 0 Å². The van der Waals surface area contributed by atoms with Gasteiger partial charge in [0.2, 0.25) is 5.91 Å². The molecule has 4 atom stereocenters. The normalized spacial score (nSPS) is 32.2. The van der Waals surface area contributed by atoms with E-state index in [4.69, 9.17) is 0 Å². The van der Waals surface area contributed by atoms with Crippen LogP contribution in [0.3, 0.4) is 0 Å². The van der Waals surface area contributed by atoms with Gasteiger partial charge in [-0.2, -0.15) is 0 Å². The van der Waals surface area contributed by atoms with Crippen molar-refractivity contribution in [1.82, 2.24) is 25.6 Å². The standard InChI is InChI=1S/C20H31N5O/c1-14(2)18-8-19(23-22-18)20(26)25-12-16-5-6-17(25)13-24(11-16)10-15-4-3-7-21-9-15/h3-4,7,9,14,16-19,22-23H,5-6,8,10-13H2,1-2H3/t16-,17+,18?,19?/m0/s1. The summed E-state index contributed by atoms with van der Waals surface area (Å²) >= 11 is 0. The molecule has 0 radical (unpaired) electrons. The van der Waals surface area contributed by atoms with Crippen LogP contribution in [0.4, 0.5) is 0 Å². The minimum Gasteiger partial charge on any atom is -0.337 e. The van der Waals surface area contributed by atoms with Crippen LogP contribution < -0.4 is 10.9 Å². The lowest BCUT2D eigenvalue weighted by Gasteiger charge is -2.37. The molecular weight excluding hydrogens is 326 g/mol. The van der Waals surface area contributed by atoms with E-state index in [0.717, 1.165) is 39.0 Å². The molecule has 4 aliphatic heterocycles. The summed E-state index contributed by atoms with van der Waals surface area (Å²) in [7, 11) is 0. The van der Waals surface area contributed by atoms with Crippen LogP contribution in [-0.2, 0) is 11.3 Å². The monoisotopic (exact) mass is 357 g/mol. The van der Waals surface area contributed by atoms with Crippen molar-refractivity contribution in [3.05, 3.63) is 30.1 Å². The number of nitrogens with one attached hydrogen (secondary N) is 2. The summed E-state index contributed by atoms with van der Waals surface area (Å²) in [5.41, 5.74) is 7.82. The van der Waals surface area contributed by atoms with Gasteiger partial charge < -0.3 is 4.90 Å². The van der Waals surface area contributed by atoms with Crippen molar-refractivity contribution in [1.29, 1.82) is 0 Å². The van der Waals surface area contributed by atoms with E-state index in [1.165, 1.54) is 12.0 Å². The number of pyridine rings is 1. The number of aromatic nitrogens is 1. The van der Waals surface area contributed by atoms with Crippen molar-refractivity contribution < 1.29 is 4.79 Å². The number of carbonyl (C=O) groups excluding carboxylic acids is 1. The predicted octanol–water partition coefficient (Wildman–Crippen LogP) is 1.40. The molecule has 26 heavy (non-hydrogen) atoms. The topological polar surface area (TPSA) is 60.5 Å². The third-order valence-corrected chi connectivity index (χ3v) is 6.24. The molecule has 0 spiro atoms. The molecule has 1 aromatic rings. The fourth-order valence-corrected chi connectivity index (χ4v) is 4.71. The average molecular weight is 358 g/mol. The third-order valence-electron chi connectivity index (χ3n) is 6.24. The van der Waals surface area contributed by atoms with Crippen LogP contribution in [0.25, 0.3) is 0 Å². The largest absolute Gasteiger partial charge is 0.337 e. The summed E-state index contributed by atoms with van der Waals surface area (Å²) in [6, 6.07) is 4.80. The zero-order valence-corrected chi connectivity index (χ0v) is 15.9. The highest BCUT2D eigenvalue weighted by molar-refractivity contribution is 5.82. The van der Waals surface area contributed by atoms with E-state index in [9.17, 15) is 4.79 Å². The van der Waals surface area contributed by atoms with Crippen molar-refractivity contribution in [2.24, 2.45) is 11.8 Å². The molecule has 4 aliphatic rings. The molecule has 2 N–H and O–H groups in total. The minimum atomic E-state index is -0.0754. The number of nitrogens with zero attached hydrogens (tertiary/aromatic N) is 3. The molecular formula is C20H31N5O. The maximum absolute atomic E-state index is 13.2. The highest BCUT2D eigenvalue weighted by Gasteiger charge is 2.41. The zero-order valence-electron chi connectivity index (χ0n) is 15.9. The summed E-state index contributed by atoms with van der Waals surface area (Å²) in [6.07, 6.45) is 7.04. The molecule has 6 nitrogen and oxygen atoms in total. The lowest BCUT2D eigenvalue weighted by atomic mass is 9.93. The van der Waals surface area contributed by atoms with Gasteiger partial charge in [0.15, 0.2) is 0 Å². The van der Waals surface area contributed by atoms with Crippen LogP contribution >= 0.6 is 0 Å². The number of fused-ring (bicyclic) bond motifs is 4. The fourth-order valence-electron chi connectivity index (χ4n) is 4.71. The molecule has 4 fully saturated rings. The number of carbonyl (C=O) groups is 1. The molecule has 6 heteroatoms. The van der Waals surface area contributed by atoms with Gasteiger partial charge in [-0.3, -0.25) is 20.1 Å². The molecule has 1 amide bonds. The molecule has 142 valence electrons. The van der Waals surface area contributed by atoms with E-state index < -0.39 is 0 Å². The number of hydrogen-bond donors (Lipinski definition) is 2. The van der Waals surface area contributed by atoms with Gasteiger partial charge in [-0.1, -0.05) is 19.9 Å². The Hall–Kier alpha value is -1.50. The highest BCUT2D eigenvalue weighted by Crippen LogP contribution is 2.30. The minimum absolute atomic E-state index is 0.0754. The number of amides is 1. The van der Waals surface area contributed by atoms with Crippen molar-refractivity contribution in [2.45, 2.75) is 57.8 Å². The second kappa shape index (κ2) is 7.62. The van der Waals surface area contributed by atoms with Crippen LogP contribution in [0.2, 0.25) is 0 Å². The maximum atomic E-state index is 13.2. The fraction of sp³-hybridized carbons (Fsp3) is 0.700. The Labute approximate surface area is 156 Å². The predicted molar refractivity (Wildman–Crippen MR) is 101 cm³/mol. The Morgan fingerprint density at radius 1 is 1.27 bits per heavy atom. The number of hydrazine groups is 1. The second-order valence-corrected chi connectivity index (χ2v) is 8.57. The molecule has 5 rings (SSSR count). The summed E-state index contributed by atoms with van der Waals surface area (Å²) in [6.45, 7) is 8.32. The SMILES string of the molecule is CC(C)C1CC(C(=O)N2C[C@H]3CC[C@@H]2CN(Cc2cccnc2)C3)NN1. The van der Waals surface area contributed by atoms with Crippen LogP contribution in [0.15, 0.2) is 24.5 Å². The molecule has 0 aromatic carbocycles. The molecule has 0 aliphatic carbocycles. The highest BCUT2D eigenvalue weighted by atomic mass is 16.2. The lowest BCUT2D eigenvalue weighted by molar-refractivity contribution is -0.137. The van der Waals surface area contributed by atoms with Gasteiger partial charge in [0, 0.05) is 50.7 Å². The van der Waals surface area contributed by atoms with Crippen LogP contribution in [0, 0.1) is 11.8 Å². The van der Waals surface area contributed by atoms with Gasteiger partial charge in [0.1, 0.15) is 6.04 Å². The molecule has 2 bridgehead atoms. The van der Waals surface area contributed by atoms with Crippen molar-refractivity contribution in [3.8, 4) is 0 Å². The summed E-state index contributed by atoms with van der Waals surface area (Å²) < 4.78 is 0. The second-order valence-electron chi connectivity index (χ2n) is 8.57. The van der Waals surface area contributed by atoms with Crippen molar-refractivity contribution in [2.75, 3.05) is 19.6 Å². The summed E-state index contributed by atoms with van der Waals surface area (Å²) in [4.78, 5) is 22.1. The number of rotatable bonds is 4. The van der Waals surface area contributed by atoms with E-state index in [2.05, 4.69) is 45.5 Å². The molecule has 5 heterocycles. The Kier molecular flexibility index (Phi) is 5.25. The first-order valence-electron chi connectivity index (χ1n) is 10.0. The molecule has 4 saturated heterocycles. The summed E-state index contributed by atoms with van der Waals surface area (Å²) in [5.74, 6) is 1.42. The Morgan fingerprint density at radius 3 is 2.88 bits per heavy atom. The van der Waals surface area contributed by atoms with Gasteiger partial charge in [-0.15, -0.1) is 0 Å². The van der Waals surface area contributed by atoms with Gasteiger partial charge in [0.25, 0.3) is 0 Å². The maximum Gasteiger partial charge on any atom is 0.241 e. The van der Waals surface area contributed by atoms with Crippen molar-refractivity contribution >= 4 is 5.91 Å². The first kappa shape index (κ1) is 17.9. The van der Waals surface area contributed by atoms with Gasteiger partial charge in [-0.05, 0) is 42.7 Å². The first-order valence-corrected chi connectivity index (χ1v) is 10.0. The van der Waals surface area contributed by atoms with Gasteiger partial charge in [0.05, 0.1) is 0 Å². The Balaban J connectivity index is 1.41.